The Labute approximate surface area is 145 Å². The number of carbonyl (C=O) groups is 1. The summed E-state index contributed by atoms with van der Waals surface area (Å²) in [5, 5.41) is 7.28. The first kappa shape index (κ1) is 18.9. The first-order valence-electron chi connectivity index (χ1n) is 6.63. The molecule has 1 aromatic rings. The molecule has 0 spiro atoms. The molecule has 1 amide bonds. The third kappa shape index (κ3) is 5.22. The number of halogens is 3. The largest absolute Gasteiger partial charge is 0.352 e. The van der Waals surface area contributed by atoms with Crippen molar-refractivity contribution in [2.24, 2.45) is 5.92 Å². The molecule has 2 N–H and O–H groups in total. The summed E-state index contributed by atoms with van der Waals surface area (Å²) in [6, 6.07) is 3.38. The van der Waals surface area contributed by atoms with E-state index in [2.05, 4.69) is 10.6 Å². The molecule has 1 unspecified atom stereocenters. The first-order valence-corrected chi connectivity index (χ1v) is 8.62. The van der Waals surface area contributed by atoms with Crippen LogP contribution >= 0.6 is 47.4 Å². The van der Waals surface area contributed by atoms with Crippen molar-refractivity contribution in [2.75, 3.05) is 25.9 Å². The Kier molecular flexibility index (Phi) is 8.21. The highest BCUT2D eigenvalue weighted by Gasteiger charge is 2.17. The van der Waals surface area contributed by atoms with Crippen molar-refractivity contribution < 1.29 is 4.79 Å². The Bertz CT molecular complexity index is 493. The second kappa shape index (κ2) is 9.11. The van der Waals surface area contributed by atoms with E-state index < -0.39 is 0 Å². The maximum atomic E-state index is 12.2. The van der Waals surface area contributed by atoms with E-state index in [4.69, 9.17) is 23.2 Å². The lowest BCUT2D eigenvalue weighted by molar-refractivity contribution is 0.0945. The fourth-order valence-corrected chi connectivity index (χ4v) is 3.48. The zero-order chi connectivity index (χ0) is 14.5. The first-order chi connectivity index (χ1) is 9.61. The van der Waals surface area contributed by atoms with Crippen molar-refractivity contribution in [3.05, 3.63) is 27.7 Å². The second-order valence-corrected chi connectivity index (χ2v) is 6.55. The highest BCUT2D eigenvalue weighted by Crippen LogP contribution is 2.31. The summed E-state index contributed by atoms with van der Waals surface area (Å²) >= 11 is 13.7. The summed E-state index contributed by atoms with van der Waals surface area (Å²) in [5.41, 5.74) is 0.490. The van der Waals surface area contributed by atoms with Crippen LogP contribution < -0.4 is 10.6 Å². The number of rotatable bonds is 4. The van der Waals surface area contributed by atoms with Gasteiger partial charge in [0.2, 0.25) is 0 Å². The molecule has 1 saturated heterocycles. The average molecular weight is 370 g/mol. The highest BCUT2D eigenvalue weighted by molar-refractivity contribution is 7.98. The smallest absolute Gasteiger partial charge is 0.252 e. The van der Waals surface area contributed by atoms with Crippen LogP contribution in [0.2, 0.25) is 10.0 Å². The number of hydrogen-bond acceptors (Lipinski definition) is 3. The summed E-state index contributed by atoms with van der Waals surface area (Å²) in [6.45, 7) is 2.72. The predicted molar refractivity (Wildman–Crippen MR) is 93.4 cm³/mol. The number of nitrogens with one attached hydrogen (secondary N) is 2. The highest BCUT2D eigenvalue weighted by atomic mass is 35.5. The van der Waals surface area contributed by atoms with E-state index >= 15 is 0 Å². The minimum Gasteiger partial charge on any atom is -0.352 e. The molecule has 7 heteroatoms. The van der Waals surface area contributed by atoms with E-state index in [1.807, 2.05) is 6.26 Å². The van der Waals surface area contributed by atoms with Crippen LogP contribution in [0.5, 0.6) is 0 Å². The van der Waals surface area contributed by atoms with Gasteiger partial charge in [-0.3, -0.25) is 4.79 Å². The Morgan fingerprint density at radius 2 is 2.19 bits per heavy atom. The van der Waals surface area contributed by atoms with Crippen LogP contribution in [0.25, 0.3) is 0 Å². The van der Waals surface area contributed by atoms with Gasteiger partial charge in [-0.2, -0.15) is 0 Å². The van der Waals surface area contributed by atoms with Gasteiger partial charge in [0.25, 0.3) is 5.91 Å². The van der Waals surface area contributed by atoms with Gasteiger partial charge in [-0.1, -0.05) is 23.2 Å². The Hall–Kier alpha value is -0.130. The number of carbonyl (C=O) groups excluding carboxylic acids is 1. The zero-order valence-electron chi connectivity index (χ0n) is 11.7. The molecule has 1 aliphatic heterocycles. The number of hydrogen-bond donors (Lipinski definition) is 2. The lowest BCUT2D eigenvalue weighted by atomic mass is 9.99. The van der Waals surface area contributed by atoms with Crippen molar-refractivity contribution in [1.29, 1.82) is 0 Å². The van der Waals surface area contributed by atoms with Crippen molar-refractivity contribution in [1.82, 2.24) is 10.6 Å². The van der Waals surface area contributed by atoms with Crippen LogP contribution in [0.3, 0.4) is 0 Å². The molecule has 0 saturated carbocycles. The predicted octanol–water partition coefficient (Wildman–Crippen LogP) is 3.87. The van der Waals surface area contributed by atoms with Gasteiger partial charge in [-0.25, -0.2) is 0 Å². The van der Waals surface area contributed by atoms with E-state index in [1.54, 1.807) is 12.1 Å². The van der Waals surface area contributed by atoms with E-state index in [1.165, 1.54) is 18.2 Å². The summed E-state index contributed by atoms with van der Waals surface area (Å²) in [5.74, 6) is 0.367. The quantitative estimate of drug-likeness (QED) is 0.792. The van der Waals surface area contributed by atoms with E-state index in [-0.39, 0.29) is 18.3 Å². The molecule has 1 aliphatic rings. The van der Waals surface area contributed by atoms with Crippen LogP contribution in [0.15, 0.2) is 17.0 Å². The summed E-state index contributed by atoms with van der Waals surface area (Å²) in [4.78, 5) is 13.1. The van der Waals surface area contributed by atoms with Crippen LogP contribution in [-0.4, -0.2) is 31.8 Å². The minimum absolute atomic E-state index is 0. The molecule has 0 radical (unpaired) electrons. The van der Waals surface area contributed by atoms with Crippen LogP contribution in [0.4, 0.5) is 0 Å². The number of thioether (sulfide) groups is 1. The molecule has 0 aliphatic carbocycles. The normalized spacial score (nSPS) is 18.0. The van der Waals surface area contributed by atoms with Gasteiger partial charge in [0.05, 0.1) is 15.6 Å². The van der Waals surface area contributed by atoms with Crippen molar-refractivity contribution in [2.45, 2.75) is 17.7 Å². The summed E-state index contributed by atoms with van der Waals surface area (Å²) < 4.78 is 0. The van der Waals surface area contributed by atoms with Crippen LogP contribution in [0, 0.1) is 5.92 Å². The monoisotopic (exact) mass is 368 g/mol. The van der Waals surface area contributed by atoms with E-state index in [9.17, 15) is 4.79 Å². The fourth-order valence-electron chi connectivity index (χ4n) is 2.29. The Balaban J connectivity index is 0.00000220. The Morgan fingerprint density at radius 3 is 2.81 bits per heavy atom. The van der Waals surface area contributed by atoms with E-state index in [0.29, 0.717) is 28.1 Å². The molecule has 21 heavy (non-hydrogen) atoms. The molecule has 1 heterocycles. The molecule has 1 fully saturated rings. The number of benzene rings is 1. The lowest BCUT2D eigenvalue weighted by Gasteiger charge is -2.23. The second-order valence-electron chi connectivity index (χ2n) is 4.89. The molecule has 0 aromatic heterocycles. The van der Waals surface area contributed by atoms with Gasteiger partial charge < -0.3 is 10.6 Å². The summed E-state index contributed by atoms with van der Waals surface area (Å²) in [6.07, 6.45) is 4.24. The average Bonchev–Trinajstić information content (AvgIpc) is 2.46. The van der Waals surface area contributed by atoms with Gasteiger partial charge in [-0.05, 0) is 50.2 Å². The molecule has 1 atom stereocenters. The van der Waals surface area contributed by atoms with Gasteiger partial charge in [0, 0.05) is 11.4 Å². The van der Waals surface area contributed by atoms with Gasteiger partial charge in [0.1, 0.15) is 0 Å². The third-order valence-corrected chi connectivity index (χ3v) is 4.95. The third-order valence-electron chi connectivity index (χ3n) is 3.44. The molecular weight excluding hydrogens is 351 g/mol. The fraction of sp³-hybridized carbons (Fsp3) is 0.500. The van der Waals surface area contributed by atoms with Gasteiger partial charge >= 0.3 is 0 Å². The maximum Gasteiger partial charge on any atom is 0.252 e. The number of piperidine rings is 1. The molecular formula is C14H19Cl3N2OS. The van der Waals surface area contributed by atoms with E-state index in [0.717, 1.165) is 24.4 Å². The number of amides is 1. The van der Waals surface area contributed by atoms with Crippen LogP contribution in [0.1, 0.15) is 23.2 Å². The molecule has 2 rings (SSSR count). The zero-order valence-corrected chi connectivity index (χ0v) is 14.9. The lowest BCUT2D eigenvalue weighted by Crippen LogP contribution is -2.38. The van der Waals surface area contributed by atoms with Crippen molar-refractivity contribution in [3.63, 3.8) is 0 Å². The van der Waals surface area contributed by atoms with Gasteiger partial charge in [-0.15, -0.1) is 24.2 Å². The molecule has 1 aromatic carbocycles. The topological polar surface area (TPSA) is 41.1 Å². The van der Waals surface area contributed by atoms with Crippen molar-refractivity contribution >= 4 is 53.3 Å². The maximum absolute atomic E-state index is 12.2. The molecule has 3 nitrogen and oxygen atoms in total. The SMILES string of the molecule is CSc1cc(C(=O)NCC2CCCNC2)c(Cl)cc1Cl.Cl. The van der Waals surface area contributed by atoms with Gasteiger partial charge in [0.15, 0.2) is 0 Å². The van der Waals surface area contributed by atoms with Crippen molar-refractivity contribution in [3.8, 4) is 0 Å². The minimum atomic E-state index is -0.132. The standard InChI is InChI=1S/C14H18Cl2N2OS.ClH/c1-20-13-5-10(11(15)6-12(13)16)14(19)18-8-9-3-2-4-17-7-9;/h5-6,9,17H,2-4,7-8H2,1H3,(H,18,19);1H. The Morgan fingerprint density at radius 1 is 1.43 bits per heavy atom. The molecule has 0 bridgehead atoms. The molecule has 118 valence electrons. The van der Waals surface area contributed by atoms with Crippen LogP contribution in [-0.2, 0) is 0 Å². The summed E-state index contributed by atoms with van der Waals surface area (Å²) in [7, 11) is 0.